The van der Waals surface area contributed by atoms with E-state index < -0.39 is 31.3 Å². The molecule has 1 aliphatic heterocycles. The van der Waals surface area contributed by atoms with Crippen molar-refractivity contribution >= 4 is 27.3 Å². The van der Waals surface area contributed by atoms with Crippen LogP contribution in [0.15, 0.2) is 53.4 Å². The number of hydrogen-bond donors (Lipinski definition) is 0. The summed E-state index contributed by atoms with van der Waals surface area (Å²) in [4.78, 5) is 38.9. The average molecular weight is 460 g/mol. The van der Waals surface area contributed by atoms with Gasteiger partial charge in [0.1, 0.15) is 4.90 Å². The van der Waals surface area contributed by atoms with Gasteiger partial charge in [0.15, 0.2) is 9.84 Å². The van der Waals surface area contributed by atoms with E-state index >= 15 is 0 Å². The SMILES string of the molecule is CN(Cc1ccccc1)C(=O)C1CCN(C(=O)c2ccc(S(C)(=O)=O)c([N+](=O)[O-])c2)CC1. The Balaban J connectivity index is 1.65. The van der Waals surface area contributed by atoms with Crippen molar-refractivity contribution in [2.24, 2.45) is 5.92 Å². The Labute approximate surface area is 186 Å². The van der Waals surface area contributed by atoms with Crippen molar-refractivity contribution in [2.75, 3.05) is 26.4 Å². The first-order valence-corrected chi connectivity index (χ1v) is 12.0. The molecule has 1 aliphatic rings. The van der Waals surface area contributed by atoms with E-state index in [4.69, 9.17) is 0 Å². The number of hydrogen-bond acceptors (Lipinski definition) is 6. The van der Waals surface area contributed by atoms with Gasteiger partial charge in [-0.1, -0.05) is 30.3 Å². The fourth-order valence-corrected chi connectivity index (χ4v) is 4.69. The lowest BCUT2D eigenvalue weighted by Gasteiger charge is -2.33. The third-order valence-corrected chi connectivity index (χ3v) is 6.72. The van der Waals surface area contributed by atoms with E-state index in [1.807, 2.05) is 30.3 Å². The number of carbonyl (C=O) groups excluding carboxylic acids is 2. The molecule has 170 valence electrons. The minimum absolute atomic E-state index is 0.0223. The molecule has 0 aromatic heterocycles. The zero-order valence-corrected chi connectivity index (χ0v) is 18.7. The Hall–Kier alpha value is -3.27. The summed E-state index contributed by atoms with van der Waals surface area (Å²) < 4.78 is 23.6. The molecule has 2 amide bonds. The first-order chi connectivity index (χ1) is 15.1. The van der Waals surface area contributed by atoms with Crippen molar-refractivity contribution in [1.29, 1.82) is 0 Å². The predicted octanol–water partition coefficient (Wildman–Crippen LogP) is 2.51. The number of rotatable bonds is 6. The summed E-state index contributed by atoms with van der Waals surface area (Å²) in [5, 5.41) is 11.3. The van der Waals surface area contributed by atoms with E-state index in [0.717, 1.165) is 24.0 Å². The van der Waals surface area contributed by atoms with E-state index in [2.05, 4.69) is 0 Å². The van der Waals surface area contributed by atoms with Crippen LogP contribution in [0.1, 0.15) is 28.8 Å². The molecule has 2 aromatic rings. The molecule has 0 aliphatic carbocycles. The van der Waals surface area contributed by atoms with Gasteiger partial charge in [0.05, 0.1) is 4.92 Å². The number of nitro groups is 1. The van der Waals surface area contributed by atoms with Gasteiger partial charge >= 0.3 is 0 Å². The molecule has 32 heavy (non-hydrogen) atoms. The summed E-state index contributed by atoms with van der Waals surface area (Å²) in [6, 6.07) is 13.1. The molecule has 0 atom stereocenters. The Morgan fingerprint density at radius 1 is 1.12 bits per heavy atom. The summed E-state index contributed by atoms with van der Waals surface area (Å²) in [6.07, 6.45) is 1.87. The molecule has 3 rings (SSSR count). The third kappa shape index (κ3) is 5.31. The molecule has 0 bridgehead atoms. The molecular weight excluding hydrogens is 434 g/mol. The zero-order chi connectivity index (χ0) is 23.5. The van der Waals surface area contributed by atoms with Crippen molar-refractivity contribution in [1.82, 2.24) is 9.80 Å². The summed E-state index contributed by atoms with van der Waals surface area (Å²) in [7, 11) is -2.04. The second-order valence-corrected chi connectivity index (χ2v) is 9.94. The van der Waals surface area contributed by atoms with Gasteiger partial charge in [-0.05, 0) is 30.5 Å². The van der Waals surface area contributed by atoms with Gasteiger partial charge in [0, 0.05) is 50.5 Å². The highest BCUT2D eigenvalue weighted by atomic mass is 32.2. The highest BCUT2D eigenvalue weighted by molar-refractivity contribution is 7.90. The van der Waals surface area contributed by atoms with Crippen LogP contribution >= 0.6 is 0 Å². The molecule has 1 heterocycles. The van der Waals surface area contributed by atoms with E-state index in [1.54, 1.807) is 16.8 Å². The van der Waals surface area contributed by atoms with Crippen LogP contribution in [-0.4, -0.2) is 61.3 Å². The maximum Gasteiger partial charge on any atom is 0.288 e. The van der Waals surface area contributed by atoms with Crippen LogP contribution in [0.4, 0.5) is 5.69 Å². The molecule has 1 saturated heterocycles. The largest absolute Gasteiger partial charge is 0.341 e. The summed E-state index contributed by atoms with van der Waals surface area (Å²) in [5.74, 6) is -0.597. The number of carbonyl (C=O) groups is 2. The highest BCUT2D eigenvalue weighted by Gasteiger charge is 2.31. The second kappa shape index (κ2) is 9.47. The standard InChI is InChI=1S/C22H25N3O6S/c1-23(15-16-6-4-3-5-7-16)21(26)17-10-12-24(13-11-17)22(27)18-8-9-20(32(2,30)31)19(14-18)25(28)29/h3-9,14,17H,10-13,15H2,1-2H3. The van der Waals surface area contributed by atoms with E-state index in [-0.39, 0.29) is 17.4 Å². The zero-order valence-electron chi connectivity index (χ0n) is 17.9. The van der Waals surface area contributed by atoms with Crippen LogP contribution in [0.3, 0.4) is 0 Å². The Bertz CT molecular complexity index is 1130. The number of benzene rings is 2. The van der Waals surface area contributed by atoms with Gasteiger partial charge in [-0.25, -0.2) is 8.42 Å². The fraction of sp³-hybridized carbons (Fsp3) is 0.364. The Kier molecular flexibility index (Phi) is 6.93. The van der Waals surface area contributed by atoms with Crippen molar-refractivity contribution < 1.29 is 22.9 Å². The Morgan fingerprint density at radius 3 is 2.31 bits per heavy atom. The molecule has 0 unspecified atom stereocenters. The molecule has 0 radical (unpaired) electrons. The molecule has 0 N–H and O–H groups in total. The van der Waals surface area contributed by atoms with E-state index in [1.165, 1.54) is 6.07 Å². The molecule has 0 spiro atoms. The monoisotopic (exact) mass is 459 g/mol. The van der Waals surface area contributed by atoms with E-state index in [0.29, 0.717) is 32.5 Å². The van der Waals surface area contributed by atoms with Crippen LogP contribution in [0, 0.1) is 16.0 Å². The van der Waals surface area contributed by atoms with Crippen molar-refractivity contribution in [3.05, 3.63) is 69.8 Å². The topological polar surface area (TPSA) is 118 Å². The number of sulfone groups is 1. The molecular formula is C22H25N3O6S. The average Bonchev–Trinajstić information content (AvgIpc) is 2.77. The molecule has 2 aromatic carbocycles. The summed E-state index contributed by atoms with van der Waals surface area (Å²) >= 11 is 0. The van der Waals surface area contributed by atoms with Crippen molar-refractivity contribution in [2.45, 2.75) is 24.3 Å². The van der Waals surface area contributed by atoms with E-state index in [9.17, 15) is 28.1 Å². The smallest absolute Gasteiger partial charge is 0.288 e. The lowest BCUT2D eigenvalue weighted by molar-refractivity contribution is -0.387. The van der Waals surface area contributed by atoms with Crippen LogP contribution < -0.4 is 0 Å². The van der Waals surface area contributed by atoms with Gasteiger partial charge in [0.2, 0.25) is 5.91 Å². The van der Waals surface area contributed by atoms with Crippen molar-refractivity contribution in [3.63, 3.8) is 0 Å². The van der Waals surface area contributed by atoms with Gasteiger partial charge in [-0.2, -0.15) is 0 Å². The molecule has 0 saturated carbocycles. The Morgan fingerprint density at radius 2 is 1.75 bits per heavy atom. The van der Waals surface area contributed by atoms with Gasteiger partial charge in [-0.3, -0.25) is 19.7 Å². The third-order valence-electron chi connectivity index (χ3n) is 5.57. The molecule has 1 fully saturated rings. The predicted molar refractivity (Wildman–Crippen MR) is 118 cm³/mol. The normalized spacial score (nSPS) is 14.8. The van der Waals surface area contributed by atoms with Gasteiger partial charge in [-0.15, -0.1) is 0 Å². The summed E-state index contributed by atoms with van der Waals surface area (Å²) in [5.41, 5.74) is 0.469. The van der Waals surface area contributed by atoms with Crippen LogP contribution in [-0.2, 0) is 21.2 Å². The number of likely N-dealkylation sites (tertiary alicyclic amines) is 1. The lowest BCUT2D eigenvalue weighted by atomic mass is 9.94. The fourth-order valence-electron chi connectivity index (χ4n) is 3.87. The number of amides is 2. The van der Waals surface area contributed by atoms with Crippen molar-refractivity contribution in [3.8, 4) is 0 Å². The first kappa shape index (κ1) is 23.4. The number of piperidine rings is 1. The maximum atomic E-state index is 12.8. The quantitative estimate of drug-likeness (QED) is 0.484. The van der Waals surface area contributed by atoms with Gasteiger partial charge < -0.3 is 9.80 Å². The van der Waals surface area contributed by atoms with Gasteiger partial charge in [0.25, 0.3) is 11.6 Å². The second-order valence-electron chi connectivity index (χ2n) is 7.96. The lowest BCUT2D eigenvalue weighted by Crippen LogP contribution is -2.43. The maximum absolute atomic E-state index is 12.8. The number of nitro benzene ring substituents is 1. The van der Waals surface area contributed by atoms with Crippen LogP contribution in [0.5, 0.6) is 0 Å². The number of nitrogens with zero attached hydrogens (tertiary/aromatic N) is 3. The van der Waals surface area contributed by atoms with Crippen LogP contribution in [0.25, 0.3) is 0 Å². The first-order valence-electron chi connectivity index (χ1n) is 10.1. The molecule has 10 heteroatoms. The minimum atomic E-state index is -3.80. The highest BCUT2D eigenvalue weighted by Crippen LogP contribution is 2.27. The summed E-state index contributed by atoms with van der Waals surface area (Å²) in [6.45, 7) is 1.20. The van der Waals surface area contributed by atoms with Crippen LogP contribution in [0.2, 0.25) is 0 Å². The molecule has 9 nitrogen and oxygen atoms in total. The minimum Gasteiger partial charge on any atom is -0.341 e.